The molecule has 4 nitrogen and oxygen atoms in total. The Bertz CT molecular complexity index is 732. The molecule has 0 saturated carbocycles. The first-order valence-corrected chi connectivity index (χ1v) is 8.74. The molecule has 0 bridgehead atoms. The second-order valence-corrected chi connectivity index (χ2v) is 6.93. The van der Waals surface area contributed by atoms with Crippen molar-refractivity contribution in [1.82, 2.24) is 4.90 Å². The van der Waals surface area contributed by atoms with Crippen LogP contribution in [0.15, 0.2) is 41.8 Å². The molecular formula is C18H18FNO3S. The molecule has 6 heteroatoms. The predicted octanol–water partition coefficient (Wildman–Crippen LogP) is 3.49. The molecule has 2 heterocycles. The SMILES string of the molecule is O=C(O)[C@@H]1CCC(=O)N(CCc2cccs2)[C@@H]1c1cccc(F)c1. The summed E-state index contributed by atoms with van der Waals surface area (Å²) in [6.07, 6.45) is 1.17. The number of halogens is 1. The minimum Gasteiger partial charge on any atom is -0.481 e. The van der Waals surface area contributed by atoms with E-state index in [1.807, 2.05) is 17.5 Å². The number of carbonyl (C=O) groups excluding carboxylic acids is 1. The van der Waals surface area contributed by atoms with Gasteiger partial charge in [-0.2, -0.15) is 0 Å². The highest BCUT2D eigenvalue weighted by Crippen LogP contribution is 2.37. The van der Waals surface area contributed by atoms with Crippen molar-refractivity contribution >= 4 is 23.2 Å². The number of piperidine rings is 1. The number of aliphatic carboxylic acids is 1. The minimum absolute atomic E-state index is 0.0710. The van der Waals surface area contributed by atoms with Crippen molar-refractivity contribution < 1.29 is 19.1 Å². The van der Waals surface area contributed by atoms with Crippen LogP contribution in [0.25, 0.3) is 0 Å². The van der Waals surface area contributed by atoms with Gasteiger partial charge in [-0.05, 0) is 42.0 Å². The smallest absolute Gasteiger partial charge is 0.308 e. The largest absolute Gasteiger partial charge is 0.481 e. The molecule has 1 amide bonds. The fourth-order valence-electron chi connectivity index (χ4n) is 3.26. The van der Waals surface area contributed by atoms with Crippen LogP contribution < -0.4 is 0 Å². The highest BCUT2D eigenvalue weighted by Gasteiger charge is 2.40. The van der Waals surface area contributed by atoms with Crippen LogP contribution in [0.2, 0.25) is 0 Å². The Morgan fingerprint density at radius 1 is 1.33 bits per heavy atom. The zero-order valence-electron chi connectivity index (χ0n) is 13.0. The standard InChI is InChI=1S/C18H18FNO3S/c19-13-4-1-3-12(11-13)17-15(18(22)23)6-7-16(21)20(17)9-8-14-5-2-10-24-14/h1-5,10-11,15,17H,6-9H2,(H,22,23)/t15-,17-/m1/s1. The van der Waals surface area contributed by atoms with Gasteiger partial charge in [0.25, 0.3) is 0 Å². The zero-order chi connectivity index (χ0) is 17.1. The van der Waals surface area contributed by atoms with E-state index in [4.69, 9.17) is 0 Å². The van der Waals surface area contributed by atoms with Gasteiger partial charge in [-0.15, -0.1) is 11.3 Å². The van der Waals surface area contributed by atoms with E-state index in [1.54, 1.807) is 28.4 Å². The fourth-order valence-corrected chi connectivity index (χ4v) is 3.96. The summed E-state index contributed by atoms with van der Waals surface area (Å²) in [7, 11) is 0. The van der Waals surface area contributed by atoms with Crippen molar-refractivity contribution in [3.05, 3.63) is 58.0 Å². The van der Waals surface area contributed by atoms with E-state index in [-0.39, 0.29) is 18.7 Å². The molecule has 2 atom stereocenters. The van der Waals surface area contributed by atoms with E-state index in [0.29, 0.717) is 18.5 Å². The second-order valence-electron chi connectivity index (χ2n) is 5.90. The van der Waals surface area contributed by atoms with Gasteiger partial charge < -0.3 is 10.0 Å². The highest BCUT2D eigenvalue weighted by atomic mass is 32.1. The first kappa shape index (κ1) is 16.6. The summed E-state index contributed by atoms with van der Waals surface area (Å²) in [4.78, 5) is 26.9. The summed E-state index contributed by atoms with van der Waals surface area (Å²) in [5, 5.41) is 11.5. The Morgan fingerprint density at radius 3 is 2.83 bits per heavy atom. The zero-order valence-corrected chi connectivity index (χ0v) is 13.8. The maximum atomic E-state index is 13.6. The van der Waals surface area contributed by atoms with E-state index >= 15 is 0 Å². The van der Waals surface area contributed by atoms with Crippen molar-refractivity contribution in [2.24, 2.45) is 5.92 Å². The van der Waals surface area contributed by atoms with Gasteiger partial charge in [0, 0.05) is 17.8 Å². The van der Waals surface area contributed by atoms with Gasteiger partial charge in [-0.25, -0.2) is 4.39 Å². The van der Waals surface area contributed by atoms with Gasteiger partial charge in [-0.3, -0.25) is 9.59 Å². The average molecular weight is 347 g/mol. The van der Waals surface area contributed by atoms with E-state index in [9.17, 15) is 19.1 Å². The Kier molecular flexibility index (Phi) is 4.94. The van der Waals surface area contributed by atoms with Crippen molar-refractivity contribution in [1.29, 1.82) is 0 Å². The topological polar surface area (TPSA) is 57.6 Å². The molecule has 1 saturated heterocycles. The predicted molar refractivity (Wildman–Crippen MR) is 89.2 cm³/mol. The van der Waals surface area contributed by atoms with Crippen LogP contribution in [0.5, 0.6) is 0 Å². The Morgan fingerprint density at radius 2 is 2.17 bits per heavy atom. The summed E-state index contributed by atoms with van der Waals surface area (Å²) in [6.45, 7) is 0.435. The van der Waals surface area contributed by atoms with E-state index in [1.165, 1.54) is 12.1 Å². The van der Waals surface area contributed by atoms with E-state index in [2.05, 4.69) is 0 Å². The third-order valence-electron chi connectivity index (χ3n) is 4.39. The number of amides is 1. The molecule has 0 radical (unpaired) electrons. The number of thiophene rings is 1. The number of benzene rings is 1. The first-order chi connectivity index (χ1) is 11.6. The van der Waals surface area contributed by atoms with Crippen LogP contribution in [-0.4, -0.2) is 28.4 Å². The van der Waals surface area contributed by atoms with Crippen LogP contribution in [-0.2, 0) is 16.0 Å². The van der Waals surface area contributed by atoms with Crippen LogP contribution in [0.3, 0.4) is 0 Å². The Balaban J connectivity index is 1.91. The lowest BCUT2D eigenvalue weighted by Gasteiger charge is -2.39. The lowest BCUT2D eigenvalue weighted by atomic mass is 9.84. The van der Waals surface area contributed by atoms with Gasteiger partial charge >= 0.3 is 5.97 Å². The van der Waals surface area contributed by atoms with Gasteiger partial charge in [-0.1, -0.05) is 18.2 Å². The van der Waals surface area contributed by atoms with Gasteiger partial charge in [0.05, 0.1) is 12.0 Å². The highest BCUT2D eigenvalue weighted by molar-refractivity contribution is 7.09. The third-order valence-corrected chi connectivity index (χ3v) is 5.33. The molecule has 1 aromatic heterocycles. The molecule has 2 aromatic rings. The molecule has 0 unspecified atom stereocenters. The number of carboxylic acids is 1. The number of hydrogen-bond donors (Lipinski definition) is 1. The second kappa shape index (κ2) is 7.13. The lowest BCUT2D eigenvalue weighted by Crippen LogP contribution is -2.46. The monoisotopic (exact) mass is 347 g/mol. The Hall–Kier alpha value is -2.21. The number of rotatable bonds is 5. The lowest BCUT2D eigenvalue weighted by molar-refractivity contribution is -0.152. The molecule has 1 fully saturated rings. The van der Waals surface area contributed by atoms with Crippen LogP contribution in [0, 0.1) is 11.7 Å². The van der Waals surface area contributed by atoms with Crippen LogP contribution in [0.1, 0.15) is 29.3 Å². The van der Waals surface area contributed by atoms with Crippen LogP contribution in [0.4, 0.5) is 4.39 Å². The molecule has 24 heavy (non-hydrogen) atoms. The number of likely N-dealkylation sites (tertiary alicyclic amines) is 1. The third kappa shape index (κ3) is 3.48. The molecule has 1 aromatic carbocycles. The van der Waals surface area contributed by atoms with Gasteiger partial charge in [0.2, 0.25) is 5.91 Å². The Labute approximate surface area is 143 Å². The van der Waals surface area contributed by atoms with Crippen molar-refractivity contribution in [3.63, 3.8) is 0 Å². The number of carboxylic acid groups (broad SMARTS) is 1. The normalized spacial score (nSPS) is 21.0. The summed E-state index contributed by atoms with van der Waals surface area (Å²) in [5.41, 5.74) is 0.543. The van der Waals surface area contributed by atoms with Crippen molar-refractivity contribution in [2.45, 2.75) is 25.3 Å². The molecule has 3 rings (SSSR count). The maximum absolute atomic E-state index is 13.6. The molecule has 1 aliphatic heterocycles. The molecular weight excluding hydrogens is 329 g/mol. The quantitative estimate of drug-likeness (QED) is 0.901. The molecule has 126 valence electrons. The number of nitrogens with zero attached hydrogens (tertiary/aromatic N) is 1. The van der Waals surface area contributed by atoms with E-state index in [0.717, 1.165) is 4.88 Å². The number of hydrogen-bond acceptors (Lipinski definition) is 3. The summed E-state index contributed by atoms with van der Waals surface area (Å²) in [6, 6.07) is 9.21. The fraction of sp³-hybridized carbons (Fsp3) is 0.333. The molecule has 0 aliphatic carbocycles. The summed E-state index contributed by atoms with van der Waals surface area (Å²) >= 11 is 1.61. The van der Waals surface area contributed by atoms with Crippen LogP contribution >= 0.6 is 11.3 Å². The van der Waals surface area contributed by atoms with E-state index < -0.39 is 23.7 Å². The maximum Gasteiger partial charge on any atom is 0.308 e. The summed E-state index contributed by atoms with van der Waals surface area (Å²) < 4.78 is 13.6. The van der Waals surface area contributed by atoms with Gasteiger partial charge in [0.15, 0.2) is 0 Å². The average Bonchev–Trinajstić information content (AvgIpc) is 3.06. The minimum atomic E-state index is -0.946. The van der Waals surface area contributed by atoms with Crippen molar-refractivity contribution in [2.75, 3.05) is 6.54 Å². The number of carbonyl (C=O) groups is 2. The van der Waals surface area contributed by atoms with Gasteiger partial charge in [0.1, 0.15) is 5.82 Å². The first-order valence-electron chi connectivity index (χ1n) is 7.86. The molecule has 0 spiro atoms. The van der Waals surface area contributed by atoms with Crippen molar-refractivity contribution in [3.8, 4) is 0 Å². The molecule has 1 aliphatic rings. The summed E-state index contributed by atoms with van der Waals surface area (Å²) in [5.74, 6) is -2.16. The molecule has 1 N–H and O–H groups in total.